The number of hydrogen-bond donors (Lipinski definition) is 3. The van der Waals surface area contributed by atoms with Crippen molar-refractivity contribution < 1.29 is 14.7 Å². The summed E-state index contributed by atoms with van der Waals surface area (Å²) in [6.07, 6.45) is 1.21. The van der Waals surface area contributed by atoms with Crippen molar-refractivity contribution in [2.24, 2.45) is 0 Å². The molecule has 0 saturated carbocycles. The van der Waals surface area contributed by atoms with E-state index in [1.807, 2.05) is 0 Å². The highest BCUT2D eigenvalue weighted by molar-refractivity contribution is 6.36. The molecule has 0 heterocycles. The smallest absolute Gasteiger partial charge is 0.394 e. The summed E-state index contributed by atoms with van der Waals surface area (Å²) in [5, 5.41) is 30.4. The Balaban J connectivity index is 2.82. The van der Waals surface area contributed by atoms with E-state index >= 15 is 0 Å². The predicted molar refractivity (Wildman–Crippen MR) is 65.6 cm³/mol. The van der Waals surface area contributed by atoms with Gasteiger partial charge in [-0.05, 0) is 18.2 Å². The van der Waals surface area contributed by atoms with Crippen molar-refractivity contribution in [1.29, 1.82) is 10.5 Å². The second kappa shape index (κ2) is 6.42. The molecular weight excluding hydrogens is 248 g/mol. The van der Waals surface area contributed by atoms with Crippen LogP contribution < -0.4 is 10.6 Å². The van der Waals surface area contributed by atoms with E-state index in [-0.39, 0.29) is 11.3 Å². The van der Waals surface area contributed by atoms with E-state index in [9.17, 15) is 9.59 Å². The first-order chi connectivity index (χ1) is 9.06. The van der Waals surface area contributed by atoms with E-state index in [4.69, 9.17) is 15.6 Å². The fourth-order valence-corrected chi connectivity index (χ4v) is 1.12. The molecule has 1 amide bonds. The van der Waals surface area contributed by atoms with Crippen molar-refractivity contribution in [1.82, 2.24) is 0 Å². The van der Waals surface area contributed by atoms with Gasteiger partial charge in [-0.1, -0.05) is 6.07 Å². The number of aliphatic carboxylic acids is 1. The minimum atomic E-state index is -1.59. The van der Waals surface area contributed by atoms with Crippen LogP contribution in [0.1, 0.15) is 0 Å². The summed E-state index contributed by atoms with van der Waals surface area (Å²) in [6, 6.07) is 9.51. The molecule has 7 nitrogen and oxygen atoms in total. The lowest BCUT2D eigenvalue weighted by atomic mass is 10.2. The van der Waals surface area contributed by atoms with Gasteiger partial charge in [-0.3, -0.25) is 4.79 Å². The van der Waals surface area contributed by atoms with Crippen molar-refractivity contribution in [3.63, 3.8) is 0 Å². The van der Waals surface area contributed by atoms with Crippen LogP contribution in [0.4, 0.5) is 11.4 Å². The Labute approximate surface area is 108 Å². The fraction of sp³-hybridized carbons (Fsp3) is 0. The molecule has 0 bridgehead atoms. The summed E-state index contributed by atoms with van der Waals surface area (Å²) in [7, 11) is 0. The Hall–Kier alpha value is -3.32. The molecule has 0 aliphatic heterocycles. The largest absolute Gasteiger partial charge is 0.474 e. The topological polar surface area (TPSA) is 126 Å². The summed E-state index contributed by atoms with van der Waals surface area (Å²) < 4.78 is 0. The standard InChI is InChI=1S/C12H8N4O3/c13-5-8(6-14)7-15-9-2-1-3-10(4-9)16-11(17)12(18)19/h1-4,7,15H,(H,16,17)(H,18,19). The third-order valence-corrected chi connectivity index (χ3v) is 1.94. The molecular formula is C12H8N4O3. The van der Waals surface area contributed by atoms with Gasteiger partial charge in [0.2, 0.25) is 0 Å². The third kappa shape index (κ3) is 4.21. The normalized spacial score (nSPS) is 8.53. The van der Waals surface area contributed by atoms with E-state index in [1.54, 1.807) is 24.3 Å². The van der Waals surface area contributed by atoms with Crippen molar-refractivity contribution in [3.05, 3.63) is 36.0 Å². The highest BCUT2D eigenvalue weighted by Crippen LogP contribution is 2.15. The molecule has 19 heavy (non-hydrogen) atoms. The number of nitrogens with one attached hydrogen (secondary N) is 2. The van der Waals surface area contributed by atoms with Crippen molar-refractivity contribution in [2.45, 2.75) is 0 Å². The van der Waals surface area contributed by atoms with Crippen LogP contribution in [-0.2, 0) is 9.59 Å². The van der Waals surface area contributed by atoms with E-state index < -0.39 is 11.9 Å². The number of carbonyl (C=O) groups is 2. The van der Waals surface area contributed by atoms with Crippen LogP contribution in [0.25, 0.3) is 0 Å². The Morgan fingerprint density at radius 3 is 2.42 bits per heavy atom. The lowest BCUT2D eigenvalue weighted by Gasteiger charge is -2.05. The number of carbonyl (C=O) groups excluding carboxylic acids is 1. The number of carboxylic acid groups (broad SMARTS) is 1. The number of nitriles is 2. The van der Waals surface area contributed by atoms with E-state index in [0.717, 1.165) is 0 Å². The molecule has 0 fully saturated rings. The van der Waals surface area contributed by atoms with Gasteiger partial charge >= 0.3 is 11.9 Å². The Morgan fingerprint density at radius 1 is 1.21 bits per heavy atom. The maximum absolute atomic E-state index is 11.0. The van der Waals surface area contributed by atoms with Crippen molar-refractivity contribution >= 4 is 23.3 Å². The average molecular weight is 256 g/mol. The molecule has 1 aromatic rings. The van der Waals surface area contributed by atoms with Crippen molar-refractivity contribution in [3.8, 4) is 12.1 Å². The van der Waals surface area contributed by atoms with Crippen molar-refractivity contribution in [2.75, 3.05) is 10.6 Å². The van der Waals surface area contributed by atoms with Crippen LogP contribution in [0.15, 0.2) is 36.0 Å². The number of carboxylic acids is 1. The molecule has 94 valence electrons. The summed E-state index contributed by atoms with van der Waals surface area (Å²) in [6.45, 7) is 0. The number of amides is 1. The molecule has 3 N–H and O–H groups in total. The summed E-state index contributed by atoms with van der Waals surface area (Å²) in [5.41, 5.74) is 0.660. The second-order valence-electron chi connectivity index (χ2n) is 3.27. The quantitative estimate of drug-likeness (QED) is 0.548. The fourth-order valence-electron chi connectivity index (χ4n) is 1.12. The number of benzene rings is 1. The van der Waals surface area contributed by atoms with E-state index in [1.165, 1.54) is 18.3 Å². The van der Waals surface area contributed by atoms with Gasteiger partial charge in [-0.25, -0.2) is 4.79 Å². The number of nitrogens with zero attached hydrogens (tertiary/aromatic N) is 2. The molecule has 7 heteroatoms. The lowest BCUT2D eigenvalue weighted by molar-refractivity contribution is -0.147. The van der Waals surface area contributed by atoms with Gasteiger partial charge in [0.05, 0.1) is 0 Å². The van der Waals surface area contributed by atoms with Gasteiger partial charge in [0, 0.05) is 17.6 Å². The average Bonchev–Trinajstić information content (AvgIpc) is 2.40. The molecule has 0 aliphatic carbocycles. The molecule has 0 aliphatic rings. The van der Waals surface area contributed by atoms with Crippen LogP contribution in [0, 0.1) is 22.7 Å². The van der Waals surface area contributed by atoms with E-state index in [2.05, 4.69) is 10.6 Å². The summed E-state index contributed by atoms with van der Waals surface area (Å²) in [4.78, 5) is 21.3. The van der Waals surface area contributed by atoms with Gasteiger partial charge in [0.25, 0.3) is 0 Å². The maximum atomic E-state index is 11.0. The molecule has 0 saturated heterocycles. The molecule has 0 unspecified atom stereocenters. The maximum Gasteiger partial charge on any atom is 0.394 e. The Morgan fingerprint density at radius 2 is 1.84 bits per heavy atom. The Kier molecular flexibility index (Phi) is 4.65. The molecule has 0 radical (unpaired) electrons. The van der Waals surface area contributed by atoms with Crippen LogP contribution >= 0.6 is 0 Å². The van der Waals surface area contributed by atoms with Gasteiger partial charge in [0.15, 0.2) is 0 Å². The molecule has 0 aromatic heterocycles. The lowest BCUT2D eigenvalue weighted by Crippen LogP contribution is -2.21. The minimum Gasteiger partial charge on any atom is -0.474 e. The SMILES string of the molecule is N#CC(C#N)=CNc1cccc(NC(=O)C(=O)O)c1. The van der Waals surface area contributed by atoms with Gasteiger partial charge in [-0.15, -0.1) is 0 Å². The first kappa shape index (κ1) is 13.7. The number of hydrogen-bond acceptors (Lipinski definition) is 5. The van der Waals surface area contributed by atoms with Crippen LogP contribution in [0.3, 0.4) is 0 Å². The minimum absolute atomic E-state index is 0.111. The molecule has 0 spiro atoms. The monoisotopic (exact) mass is 256 g/mol. The zero-order chi connectivity index (χ0) is 14.3. The molecule has 1 aromatic carbocycles. The third-order valence-electron chi connectivity index (χ3n) is 1.94. The molecule has 0 atom stereocenters. The first-order valence-electron chi connectivity index (χ1n) is 4.98. The first-order valence-corrected chi connectivity index (χ1v) is 4.98. The van der Waals surface area contributed by atoms with Crippen LogP contribution in [-0.4, -0.2) is 17.0 Å². The second-order valence-corrected chi connectivity index (χ2v) is 3.27. The summed E-state index contributed by atoms with van der Waals surface area (Å²) >= 11 is 0. The van der Waals surface area contributed by atoms with Gasteiger partial charge in [0.1, 0.15) is 17.7 Å². The number of rotatable bonds is 3. The zero-order valence-corrected chi connectivity index (χ0v) is 9.54. The number of anilines is 2. The zero-order valence-electron chi connectivity index (χ0n) is 9.54. The Bertz CT molecular complexity index is 607. The van der Waals surface area contributed by atoms with E-state index in [0.29, 0.717) is 5.69 Å². The highest BCUT2D eigenvalue weighted by Gasteiger charge is 2.10. The number of allylic oxidation sites excluding steroid dienone is 1. The van der Waals surface area contributed by atoms with Gasteiger partial charge < -0.3 is 15.7 Å². The van der Waals surface area contributed by atoms with Gasteiger partial charge in [-0.2, -0.15) is 10.5 Å². The van der Waals surface area contributed by atoms with Crippen LogP contribution in [0.5, 0.6) is 0 Å². The summed E-state index contributed by atoms with van der Waals surface area (Å²) in [5.74, 6) is -2.74. The van der Waals surface area contributed by atoms with Crippen LogP contribution in [0.2, 0.25) is 0 Å². The predicted octanol–water partition coefficient (Wildman–Crippen LogP) is 1.05. The highest BCUT2D eigenvalue weighted by atomic mass is 16.4. The molecule has 1 rings (SSSR count).